The van der Waals surface area contributed by atoms with E-state index < -0.39 is 0 Å². The summed E-state index contributed by atoms with van der Waals surface area (Å²) in [6.07, 6.45) is 1.13. The van der Waals surface area contributed by atoms with Gasteiger partial charge in [0.05, 0.1) is 7.11 Å². The van der Waals surface area contributed by atoms with Crippen molar-refractivity contribution in [3.8, 4) is 11.5 Å². The molecule has 132 valence electrons. The predicted octanol–water partition coefficient (Wildman–Crippen LogP) is 2.40. The van der Waals surface area contributed by atoms with Gasteiger partial charge in [-0.15, -0.1) is 11.3 Å². The Morgan fingerprint density at radius 1 is 1.24 bits per heavy atom. The van der Waals surface area contributed by atoms with E-state index in [1.165, 1.54) is 10.4 Å². The zero-order valence-corrected chi connectivity index (χ0v) is 15.1. The second-order valence-electron chi connectivity index (χ2n) is 6.48. The Morgan fingerprint density at radius 3 is 2.84 bits per heavy atom. The summed E-state index contributed by atoms with van der Waals surface area (Å²) in [7, 11) is 1.60. The minimum absolute atomic E-state index is 0.0374. The summed E-state index contributed by atoms with van der Waals surface area (Å²) in [5.74, 6) is 1.29. The highest BCUT2D eigenvalue weighted by molar-refractivity contribution is 7.10. The minimum atomic E-state index is 0.0374. The number of methoxy groups -OCH3 is 1. The van der Waals surface area contributed by atoms with E-state index in [4.69, 9.17) is 9.47 Å². The summed E-state index contributed by atoms with van der Waals surface area (Å²) >= 11 is 1.86. The average molecular weight is 358 g/mol. The van der Waals surface area contributed by atoms with Gasteiger partial charge in [-0.1, -0.05) is 12.1 Å². The minimum Gasteiger partial charge on any atom is -0.493 e. The van der Waals surface area contributed by atoms with Gasteiger partial charge in [0.2, 0.25) is 0 Å². The number of carbonyl (C=O) groups is 1. The first-order valence-electron chi connectivity index (χ1n) is 8.57. The Balaban J connectivity index is 1.26. The Bertz CT molecular complexity index is 755. The molecule has 3 heterocycles. The molecular formula is C19H22N2O3S. The number of nitrogens with zero attached hydrogens (tertiary/aromatic N) is 2. The van der Waals surface area contributed by atoms with Crippen LogP contribution in [0.1, 0.15) is 10.4 Å². The van der Waals surface area contributed by atoms with Crippen LogP contribution in [0, 0.1) is 0 Å². The molecule has 1 aromatic heterocycles. The molecule has 0 bridgehead atoms. The largest absolute Gasteiger partial charge is 0.493 e. The van der Waals surface area contributed by atoms with Gasteiger partial charge in [0.25, 0.3) is 5.91 Å². The van der Waals surface area contributed by atoms with Crippen LogP contribution in [-0.2, 0) is 17.8 Å². The summed E-state index contributed by atoms with van der Waals surface area (Å²) in [5, 5.41) is 2.18. The third kappa shape index (κ3) is 3.37. The SMILES string of the molecule is COc1ccccc1OCC(=O)N1CC(N2CCc3sccc3C2)C1. The topological polar surface area (TPSA) is 42.0 Å². The number of thiophene rings is 1. The van der Waals surface area contributed by atoms with Crippen molar-refractivity contribution in [1.82, 2.24) is 9.80 Å². The molecule has 4 rings (SSSR count). The lowest BCUT2D eigenvalue weighted by atomic mass is 10.0. The summed E-state index contributed by atoms with van der Waals surface area (Å²) < 4.78 is 10.9. The second-order valence-corrected chi connectivity index (χ2v) is 7.48. The fraction of sp³-hybridized carbons (Fsp3) is 0.421. The van der Waals surface area contributed by atoms with Gasteiger partial charge < -0.3 is 14.4 Å². The van der Waals surface area contributed by atoms with Gasteiger partial charge in [-0.2, -0.15) is 0 Å². The van der Waals surface area contributed by atoms with Crippen LogP contribution in [0.15, 0.2) is 35.7 Å². The number of fused-ring (bicyclic) bond motifs is 1. The number of hydrogen-bond acceptors (Lipinski definition) is 5. The van der Waals surface area contributed by atoms with Gasteiger partial charge in [0.1, 0.15) is 0 Å². The van der Waals surface area contributed by atoms with E-state index in [2.05, 4.69) is 16.3 Å². The van der Waals surface area contributed by atoms with Crippen molar-refractivity contribution in [2.45, 2.75) is 19.0 Å². The highest BCUT2D eigenvalue weighted by Crippen LogP contribution is 2.28. The molecule has 1 fully saturated rings. The van der Waals surface area contributed by atoms with Crippen molar-refractivity contribution in [3.05, 3.63) is 46.2 Å². The van der Waals surface area contributed by atoms with Gasteiger partial charge in [-0.05, 0) is 35.6 Å². The van der Waals surface area contributed by atoms with Crippen molar-refractivity contribution in [1.29, 1.82) is 0 Å². The molecule has 6 heteroatoms. The molecule has 25 heavy (non-hydrogen) atoms. The fourth-order valence-corrected chi connectivity index (χ4v) is 4.33. The highest BCUT2D eigenvalue weighted by Gasteiger charge is 2.36. The van der Waals surface area contributed by atoms with E-state index in [0.717, 1.165) is 32.6 Å². The summed E-state index contributed by atoms with van der Waals surface area (Å²) in [6, 6.07) is 10.1. The van der Waals surface area contributed by atoms with Crippen LogP contribution in [0.25, 0.3) is 0 Å². The number of hydrogen-bond donors (Lipinski definition) is 0. The molecule has 0 spiro atoms. The summed E-state index contributed by atoms with van der Waals surface area (Å²) in [4.78, 5) is 18.2. The van der Waals surface area contributed by atoms with Crippen molar-refractivity contribution in [2.24, 2.45) is 0 Å². The molecule has 1 amide bonds. The first kappa shape index (κ1) is 16.4. The van der Waals surface area contributed by atoms with E-state index in [9.17, 15) is 4.79 Å². The molecule has 0 atom stereocenters. The maximum absolute atomic E-state index is 12.3. The van der Waals surface area contributed by atoms with Gasteiger partial charge >= 0.3 is 0 Å². The van der Waals surface area contributed by atoms with Crippen LogP contribution in [0.5, 0.6) is 11.5 Å². The molecule has 1 aromatic carbocycles. The lowest BCUT2D eigenvalue weighted by Crippen LogP contribution is -2.62. The molecule has 0 unspecified atom stereocenters. The van der Waals surface area contributed by atoms with E-state index in [1.807, 2.05) is 40.5 Å². The quantitative estimate of drug-likeness (QED) is 0.823. The van der Waals surface area contributed by atoms with E-state index >= 15 is 0 Å². The number of rotatable bonds is 5. The normalized spacial score (nSPS) is 17.7. The highest BCUT2D eigenvalue weighted by atomic mass is 32.1. The first-order chi connectivity index (χ1) is 12.2. The number of carbonyl (C=O) groups excluding carboxylic acids is 1. The lowest BCUT2D eigenvalue weighted by molar-refractivity contribution is -0.141. The molecule has 0 N–H and O–H groups in total. The lowest BCUT2D eigenvalue weighted by Gasteiger charge is -2.46. The Kier molecular flexibility index (Phi) is 4.63. The average Bonchev–Trinajstić information content (AvgIpc) is 3.06. The predicted molar refractivity (Wildman–Crippen MR) is 97.3 cm³/mol. The van der Waals surface area contributed by atoms with Crippen LogP contribution < -0.4 is 9.47 Å². The second kappa shape index (κ2) is 7.06. The maximum Gasteiger partial charge on any atom is 0.260 e. The van der Waals surface area contributed by atoms with Crippen LogP contribution in [0.4, 0.5) is 0 Å². The molecule has 1 saturated heterocycles. The summed E-state index contributed by atoms with van der Waals surface area (Å²) in [5.41, 5.74) is 1.46. The van der Waals surface area contributed by atoms with Gasteiger partial charge in [-0.3, -0.25) is 9.69 Å². The fourth-order valence-electron chi connectivity index (χ4n) is 3.44. The van der Waals surface area contributed by atoms with Crippen molar-refractivity contribution in [2.75, 3.05) is 33.4 Å². The molecule has 0 radical (unpaired) electrons. The van der Waals surface area contributed by atoms with E-state index in [1.54, 1.807) is 7.11 Å². The standard InChI is InChI=1S/C19H22N2O3S/c1-23-16-4-2-3-5-17(16)24-13-19(22)21-11-15(12-21)20-8-6-18-14(10-20)7-9-25-18/h2-5,7,9,15H,6,8,10-13H2,1H3. The van der Waals surface area contributed by atoms with E-state index in [0.29, 0.717) is 17.5 Å². The number of ether oxygens (including phenoxy) is 2. The van der Waals surface area contributed by atoms with Crippen LogP contribution in [0.3, 0.4) is 0 Å². The number of amides is 1. The van der Waals surface area contributed by atoms with Crippen molar-refractivity contribution >= 4 is 17.2 Å². The smallest absolute Gasteiger partial charge is 0.260 e. The van der Waals surface area contributed by atoms with Crippen molar-refractivity contribution < 1.29 is 14.3 Å². The number of para-hydroxylation sites is 2. The van der Waals surface area contributed by atoms with Gasteiger partial charge in [0, 0.05) is 37.1 Å². The number of benzene rings is 1. The maximum atomic E-state index is 12.3. The third-order valence-electron chi connectivity index (χ3n) is 4.99. The summed E-state index contributed by atoms with van der Waals surface area (Å²) in [6.45, 7) is 3.77. The van der Waals surface area contributed by atoms with E-state index in [-0.39, 0.29) is 12.5 Å². The molecular weight excluding hydrogens is 336 g/mol. The molecule has 2 aromatic rings. The molecule has 0 saturated carbocycles. The molecule has 0 aliphatic carbocycles. The monoisotopic (exact) mass is 358 g/mol. The Labute approximate surface area is 151 Å². The van der Waals surface area contributed by atoms with Gasteiger partial charge in [-0.25, -0.2) is 0 Å². The zero-order chi connectivity index (χ0) is 17.2. The third-order valence-corrected chi connectivity index (χ3v) is 6.01. The molecule has 5 nitrogen and oxygen atoms in total. The van der Waals surface area contributed by atoms with Crippen LogP contribution in [0.2, 0.25) is 0 Å². The van der Waals surface area contributed by atoms with Crippen LogP contribution in [-0.4, -0.2) is 55.1 Å². The Hall–Kier alpha value is -2.05. The number of likely N-dealkylation sites (tertiary alicyclic amines) is 1. The molecule has 2 aliphatic rings. The van der Waals surface area contributed by atoms with Crippen molar-refractivity contribution in [3.63, 3.8) is 0 Å². The zero-order valence-electron chi connectivity index (χ0n) is 14.3. The van der Waals surface area contributed by atoms with Crippen LogP contribution >= 0.6 is 11.3 Å². The molecule has 2 aliphatic heterocycles. The van der Waals surface area contributed by atoms with Gasteiger partial charge in [0.15, 0.2) is 18.1 Å². The first-order valence-corrected chi connectivity index (χ1v) is 9.45. The Morgan fingerprint density at radius 2 is 2.04 bits per heavy atom.